The van der Waals surface area contributed by atoms with Crippen molar-refractivity contribution in [2.75, 3.05) is 12.8 Å². The predicted octanol–water partition coefficient (Wildman–Crippen LogP) is 4.49. The first-order valence-electron chi connectivity index (χ1n) is 11.3. The van der Waals surface area contributed by atoms with Crippen molar-refractivity contribution in [2.45, 2.75) is 12.8 Å². The molecule has 2 aromatic rings. The fourth-order valence-electron chi connectivity index (χ4n) is 3.35. The highest BCUT2D eigenvalue weighted by Gasteiger charge is 2.29. The van der Waals surface area contributed by atoms with E-state index in [1.54, 1.807) is 5.01 Å². The third kappa shape index (κ3) is 7.28. The van der Waals surface area contributed by atoms with Gasteiger partial charge in [-0.05, 0) is 60.9 Å². The van der Waals surface area contributed by atoms with Crippen LogP contribution in [-0.4, -0.2) is 55.3 Å². The normalized spacial score (nSPS) is 19.2. The molecule has 9 nitrogen and oxygen atoms in total. The van der Waals surface area contributed by atoms with Gasteiger partial charge in [-0.25, -0.2) is 8.78 Å². The van der Waals surface area contributed by atoms with Crippen LogP contribution >= 0.6 is 35.3 Å². The van der Waals surface area contributed by atoms with Crippen molar-refractivity contribution in [1.29, 1.82) is 0 Å². The van der Waals surface area contributed by atoms with Crippen LogP contribution in [0.1, 0.15) is 24.0 Å². The van der Waals surface area contributed by atoms with Gasteiger partial charge >= 0.3 is 0 Å². The van der Waals surface area contributed by atoms with Crippen molar-refractivity contribution in [3.05, 3.63) is 69.0 Å². The number of nitrogens with one attached hydrogen (secondary N) is 1. The van der Waals surface area contributed by atoms with E-state index in [0.29, 0.717) is 49.9 Å². The number of nitrogens with zero attached hydrogens (tertiary/aromatic N) is 3. The molecular weight excluding hydrogens is 570 g/mol. The van der Waals surface area contributed by atoms with Gasteiger partial charge in [-0.15, -0.1) is 11.8 Å². The monoisotopic (exact) mass is 590 g/mol. The van der Waals surface area contributed by atoms with Crippen molar-refractivity contribution >= 4 is 74.7 Å². The molecule has 0 atom stereocenters. The number of carbonyl (C=O) groups is 3. The Labute approximate surface area is 234 Å². The van der Waals surface area contributed by atoms with Gasteiger partial charge in [0.1, 0.15) is 27.5 Å². The zero-order valence-electron chi connectivity index (χ0n) is 20.2. The van der Waals surface area contributed by atoms with Gasteiger partial charge in [-0.2, -0.15) is 9.98 Å². The average molecular weight is 591 g/mol. The summed E-state index contributed by atoms with van der Waals surface area (Å²) in [6.45, 7) is 0.583. The second-order valence-corrected chi connectivity index (χ2v) is 11.1. The first-order chi connectivity index (χ1) is 18.6. The van der Waals surface area contributed by atoms with Crippen LogP contribution in [0.15, 0.2) is 56.2 Å². The summed E-state index contributed by atoms with van der Waals surface area (Å²) in [6, 6.07) is 7.21. The molecule has 3 aliphatic heterocycles. The van der Waals surface area contributed by atoms with Gasteiger partial charge < -0.3 is 10.2 Å². The third-order valence-corrected chi connectivity index (χ3v) is 8.19. The molecule has 1 saturated heterocycles. The molecule has 0 spiro atoms. The fraction of sp³-hybridized carbons (Fsp3) is 0.160. The van der Waals surface area contributed by atoms with Gasteiger partial charge in [0.25, 0.3) is 11.8 Å². The van der Waals surface area contributed by atoms with E-state index in [1.807, 2.05) is 6.26 Å². The molecule has 3 aliphatic rings. The van der Waals surface area contributed by atoms with Crippen LogP contribution in [0.4, 0.5) is 8.78 Å². The van der Waals surface area contributed by atoms with E-state index in [4.69, 9.17) is 0 Å². The molecule has 39 heavy (non-hydrogen) atoms. The summed E-state index contributed by atoms with van der Waals surface area (Å²) in [5.74, 6) is -2.42. The molecule has 1 fully saturated rings. The van der Waals surface area contributed by atoms with Crippen LogP contribution in [0.2, 0.25) is 0 Å². The Kier molecular flexibility index (Phi) is 9.09. The molecule has 0 aromatic heterocycles. The zero-order chi connectivity index (χ0) is 28.1. The number of phenols is 2. The number of rotatable bonds is 2. The lowest BCUT2D eigenvalue weighted by Crippen LogP contribution is -2.48. The van der Waals surface area contributed by atoms with Crippen molar-refractivity contribution in [1.82, 2.24) is 10.4 Å². The van der Waals surface area contributed by atoms with Gasteiger partial charge in [-0.3, -0.25) is 24.8 Å². The molecule has 3 amide bonds. The molecule has 14 heteroatoms. The molecule has 202 valence electrons. The van der Waals surface area contributed by atoms with Crippen LogP contribution < -0.4 is 5.43 Å². The Balaban J connectivity index is 0.000000187. The summed E-state index contributed by atoms with van der Waals surface area (Å²) in [4.78, 5) is 43.2. The van der Waals surface area contributed by atoms with Gasteiger partial charge in [0.05, 0.1) is 9.81 Å². The molecule has 5 rings (SSSR count). The minimum Gasteiger partial charge on any atom is -0.507 e. The van der Waals surface area contributed by atoms with Crippen molar-refractivity contribution in [3.63, 3.8) is 0 Å². The Morgan fingerprint density at radius 3 is 2.00 bits per heavy atom. The number of hydrazine groups is 1. The Morgan fingerprint density at radius 2 is 1.49 bits per heavy atom. The lowest BCUT2D eigenvalue weighted by molar-refractivity contribution is -0.126. The van der Waals surface area contributed by atoms with E-state index in [-0.39, 0.29) is 23.3 Å². The van der Waals surface area contributed by atoms with E-state index >= 15 is 0 Å². The summed E-state index contributed by atoms with van der Waals surface area (Å²) in [5, 5.41) is 21.1. The molecule has 3 heterocycles. The van der Waals surface area contributed by atoms with Crippen LogP contribution in [-0.2, 0) is 14.4 Å². The number of halogens is 2. The number of aromatic hydroxyl groups is 2. The number of benzene rings is 2. The first-order valence-corrected chi connectivity index (χ1v) is 14.1. The maximum atomic E-state index is 13.0. The summed E-state index contributed by atoms with van der Waals surface area (Å²) in [7, 11) is 0. The summed E-state index contributed by atoms with van der Waals surface area (Å²) in [5.41, 5.74) is 3.38. The van der Waals surface area contributed by atoms with Crippen molar-refractivity contribution in [2.24, 2.45) is 9.98 Å². The molecule has 2 aromatic carbocycles. The summed E-state index contributed by atoms with van der Waals surface area (Å²) < 4.78 is 26.4. The SMILES string of the molecule is CSC1=NC(=O)/C(=C/c2ccc(F)cc2O)S1.O=C1CCCN(C2=NC(=O)/C(=C/c3ccc(F)cc3O)S2)N1. The third-order valence-electron chi connectivity index (χ3n) is 5.22. The maximum Gasteiger partial charge on any atom is 0.286 e. The summed E-state index contributed by atoms with van der Waals surface area (Å²) in [6.07, 6.45) is 5.93. The number of amides is 3. The van der Waals surface area contributed by atoms with Crippen LogP contribution in [0.3, 0.4) is 0 Å². The van der Waals surface area contributed by atoms with E-state index in [2.05, 4.69) is 15.4 Å². The highest BCUT2D eigenvalue weighted by atomic mass is 32.2. The van der Waals surface area contributed by atoms with Gasteiger partial charge in [-0.1, -0.05) is 11.8 Å². The lowest BCUT2D eigenvalue weighted by Gasteiger charge is -2.27. The number of amidine groups is 1. The minimum atomic E-state index is -0.557. The fourth-order valence-corrected chi connectivity index (χ4v) is 5.66. The molecule has 3 N–H and O–H groups in total. The molecule has 0 unspecified atom stereocenters. The molecular formula is C25H20F2N4O5S3. The van der Waals surface area contributed by atoms with Crippen LogP contribution in [0, 0.1) is 11.6 Å². The van der Waals surface area contributed by atoms with E-state index < -0.39 is 17.5 Å². The highest BCUT2D eigenvalue weighted by molar-refractivity contribution is 8.40. The number of aliphatic imine (C=N–C) groups is 2. The zero-order valence-corrected chi connectivity index (χ0v) is 22.6. The number of carbonyl (C=O) groups excluding carboxylic acids is 3. The largest absolute Gasteiger partial charge is 0.507 e. The quantitative estimate of drug-likeness (QED) is 0.433. The van der Waals surface area contributed by atoms with Crippen molar-refractivity contribution < 1.29 is 33.4 Å². The van der Waals surface area contributed by atoms with Gasteiger partial charge in [0, 0.05) is 36.2 Å². The number of thioether (sulfide) groups is 3. The molecule has 0 bridgehead atoms. The highest BCUT2D eigenvalue weighted by Crippen LogP contribution is 2.34. The van der Waals surface area contributed by atoms with Gasteiger partial charge in [0.15, 0.2) is 5.17 Å². The molecule has 0 aliphatic carbocycles. The molecule has 0 saturated carbocycles. The molecule has 0 radical (unpaired) electrons. The Hall–Kier alpha value is -3.62. The second-order valence-electron chi connectivity index (χ2n) is 8.00. The van der Waals surface area contributed by atoms with Crippen LogP contribution in [0.5, 0.6) is 11.5 Å². The van der Waals surface area contributed by atoms with Crippen LogP contribution in [0.25, 0.3) is 12.2 Å². The predicted molar refractivity (Wildman–Crippen MR) is 150 cm³/mol. The van der Waals surface area contributed by atoms with Crippen molar-refractivity contribution in [3.8, 4) is 11.5 Å². The topological polar surface area (TPSA) is 132 Å². The lowest BCUT2D eigenvalue weighted by atomic mass is 10.2. The van der Waals surface area contributed by atoms with Gasteiger partial charge in [0.2, 0.25) is 5.91 Å². The summed E-state index contributed by atoms with van der Waals surface area (Å²) >= 11 is 3.74. The van der Waals surface area contributed by atoms with E-state index in [9.17, 15) is 33.4 Å². The number of phenolic OH excluding ortho intramolecular Hbond substituents is 2. The smallest absolute Gasteiger partial charge is 0.286 e. The first kappa shape index (κ1) is 28.4. The van der Waals surface area contributed by atoms with E-state index in [1.165, 1.54) is 59.9 Å². The number of hydrogen-bond donors (Lipinski definition) is 3. The Morgan fingerprint density at radius 1 is 0.923 bits per heavy atom. The second kappa shape index (κ2) is 12.5. The number of hydrogen-bond acceptors (Lipinski definition) is 9. The maximum absolute atomic E-state index is 13.0. The standard InChI is InChI=1S/C14H12FN3O3S.C11H8FNO2S2/c15-9-4-3-8(10(19)7-9)6-11-13(21)16-14(22-11)18-5-1-2-12(20)17-18;1-16-11-13-10(15)9(17-11)4-6-2-3-7(12)5-8(6)14/h3-4,6-7,19H,1-2,5H2,(H,17,20);2-5,14H,1H3/b11-6-;9-4-. The Bertz CT molecular complexity index is 1480. The minimum absolute atomic E-state index is 0.115. The average Bonchev–Trinajstić information content (AvgIpc) is 3.44. The van der Waals surface area contributed by atoms with E-state index in [0.717, 1.165) is 23.9 Å².